The van der Waals surface area contributed by atoms with E-state index in [0.29, 0.717) is 5.56 Å². The monoisotopic (exact) mass is 230 g/mol. The molecule has 0 N–H and O–H groups in total. The second-order valence-electron chi connectivity index (χ2n) is 3.06. The Morgan fingerprint density at radius 1 is 1.38 bits per heavy atom. The van der Waals surface area contributed by atoms with Crippen molar-refractivity contribution in [3.63, 3.8) is 0 Å². The third kappa shape index (κ3) is 4.64. The Labute approximate surface area is 90.5 Å². The van der Waals surface area contributed by atoms with Crippen LogP contribution >= 0.6 is 0 Å². The first-order valence-corrected chi connectivity index (χ1v) is 4.57. The molecule has 1 aromatic rings. The highest BCUT2D eigenvalue weighted by atomic mass is 19.4. The predicted octanol–water partition coefficient (Wildman–Crippen LogP) is 2.67. The van der Waals surface area contributed by atoms with Gasteiger partial charge in [-0.2, -0.15) is 18.4 Å². The zero-order chi connectivity index (χ0) is 12.0. The highest BCUT2D eigenvalue weighted by Gasteiger charge is 2.26. The van der Waals surface area contributed by atoms with Gasteiger partial charge in [0.2, 0.25) is 5.88 Å². The molecule has 1 rings (SSSR count). The van der Waals surface area contributed by atoms with Crippen LogP contribution in [0.15, 0.2) is 18.3 Å². The first-order chi connectivity index (χ1) is 7.51. The topological polar surface area (TPSA) is 45.9 Å². The average Bonchev–Trinajstić information content (AvgIpc) is 2.24. The van der Waals surface area contributed by atoms with Crippen LogP contribution < -0.4 is 4.74 Å². The maximum atomic E-state index is 11.8. The standard InChI is InChI=1S/C10H9F3N2O/c11-10(12,13)4-1-5-16-9-3-2-8(6-14)7-15-9/h2-3,7H,1,4-5H2. The van der Waals surface area contributed by atoms with Crippen molar-refractivity contribution in [1.82, 2.24) is 4.98 Å². The third-order valence-corrected chi connectivity index (χ3v) is 1.72. The Morgan fingerprint density at radius 3 is 2.62 bits per heavy atom. The van der Waals surface area contributed by atoms with Crippen LogP contribution in [0.4, 0.5) is 13.2 Å². The van der Waals surface area contributed by atoms with Gasteiger partial charge in [-0.15, -0.1) is 0 Å². The number of nitriles is 1. The van der Waals surface area contributed by atoms with Gasteiger partial charge in [0.05, 0.1) is 12.2 Å². The summed E-state index contributed by atoms with van der Waals surface area (Å²) in [5.74, 6) is 0.223. The van der Waals surface area contributed by atoms with Crippen LogP contribution in [0.1, 0.15) is 18.4 Å². The summed E-state index contributed by atoms with van der Waals surface area (Å²) in [6, 6.07) is 4.82. The number of aromatic nitrogens is 1. The largest absolute Gasteiger partial charge is 0.478 e. The van der Waals surface area contributed by atoms with Crippen molar-refractivity contribution in [3.05, 3.63) is 23.9 Å². The van der Waals surface area contributed by atoms with Crippen molar-refractivity contribution in [2.75, 3.05) is 6.61 Å². The molecule has 0 aliphatic heterocycles. The lowest BCUT2D eigenvalue weighted by Gasteiger charge is -2.07. The van der Waals surface area contributed by atoms with E-state index in [9.17, 15) is 13.2 Å². The molecule has 86 valence electrons. The SMILES string of the molecule is N#Cc1ccc(OCCCC(F)(F)F)nc1. The summed E-state index contributed by atoms with van der Waals surface area (Å²) in [6.45, 7) is -0.0432. The second kappa shape index (κ2) is 5.35. The van der Waals surface area contributed by atoms with Crippen molar-refractivity contribution in [3.8, 4) is 11.9 Å². The molecule has 0 bridgehead atoms. The summed E-state index contributed by atoms with van der Waals surface area (Å²) in [5, 5.41) is 8.48. The van der Waals surface area contributed by atoms with Crippen molar-refractivity contribution in [1.29, 1.82) is 5.26 Å². The zero-order valence-electron chi connectivity index (χ0n) is 8.29. The van der Waals surface area contributed by atoms with E-state index in [2.05, 4.69) is 4.98 Å². The molecule has 0 fully saturated rings. The average molecular weight is 230 g/mol. The van der Waals surface area contributed by atoms with Crippen LogP contribution in [0.3, 0.4) is 0 Å². The van der Waals surface area contributed by atoms with Gasteiger partial charge in [0.1, 0.15) is 6.07 Å². The Balaban J connectivity index is 2.30. The number of rotatable bonds is 4. The molecule has 0 amide bonds. The molecule has 1 heterocycles. The molecule has 1 aromatic heterocycles. The summed E-state index contributed by atoms with van der Waals surface area (Å²) in [7, 11) is 0. The highest BCUT2D eigenvalue weighted by Crippen LogP contribution is 2.21. The Hall–Kier alpha value is -1.77. The van der Waals surface area contributed by atoms with Crippen LogP contribution in [-0.4, -0.2) is 17.8 Å². The van der Waals surface area contributed by atoms with Crippen LogP contribution in [0.25, 0.3) is 0 Å². The minimum Gasteiger partial charge on any atom is -0.478 e. The van der Waals surface area contributed by atoms with Crippen LogP contribution in [0.2, 0.25) is 0 Å². The van der Waals surface area contributed by atoms with Crippen molar-refractivity contribution in [2.24, 2.45) is 0 Å². The van der Waals surface area contributed by atoms with Gasteiger partial charge in [0, 0.05) is 18.7 Å². The van der Waals surface area contributed by atoms with Gasteiger partial charge < -0.3 is 4.74 Å². The number of nitrogens with zero attached hydrogens (tertiary/aromatic N) is 2. The molecule has 6 heteroatoms. The van der Waals surface area contributed by atoms with E-state index < -0.39 is 12.6 Å². The van der Waals surface area contributed by atoms with Crippen molar-refractivity contribution >= 4 is 0 Å². The van der Waals surface area contributed by atoms with E-state index >= 15 is 0 Å². The number of pyridine rings is 1. The van der Waals surface area contributed by atoms with Gasteiger partial charge in [-0.25, -0.2) is 4.98 Å². The Morgan fingerprint density at radius 2 is 2.12 bits per heavy atom. The molecular formula is C10H9F3N2O. The lowest BCUT2D eigenvalue weighted by atomic mass is 10.3. The predicted molar refractivity (Wildman–Crippen MR) is 49.7 cm³/mol. The summed E-state index contributed by atoms with van der Waals surface area (Å²) in [6.07, 6.45) is -3.82. The number of hydrogen-bond acceptors (Lipinski definition) is 3. The third-order valence-electron chi connectivity index (χ3n) is 1.72. The zero-order valence-corrected chi connectivity index (χ0v) is 8.29. The maximum absolute atomic E-state index is 11.8. The van der Waals surface area contributed by atoms with Gasteiger partial charge in [-0.1, -0.05) is 0 Å². The second-order valence-corrected chi connectivity index (χ2v) is 3.06. The van der Waals surface area contributed by atoms with E-state index in [1.165, 1.54) is 18.3 Å². The van der Waals surface area contributed by atoms with E-state index in [1.54, 1.807) is 0 Å². The van der Waals surface area contributed by atoms with Crippen molar-refractivity contribution in [2.45, 2.75) is 19.0 Å². The molecule has 0 saturated carbocycles. The normalized spacial score (nSPS) is 10.9. The summed E-state index contributed by atoms with van der Waals surface area (Å²) >= 11 is 0. The Bertz CT molecular complexity index is 367. The van der Waals surface area contributed by atoms with Gasteiger partial charge in [0.25, 0.3) is 0 Å². The quantitative estimate of drug-likeness (QED) is 0.747. The Kier molecular flexibility index (Phi) is 4.11. The number of ether oxygens (including phenoxy) is 1. The van der Waals surface area contributed by atoms with Gasteiger partial charge >= 0.3 is 6.18 Å². The molecule has 3 nitrogen and oxygen atoms in total. The summed E-state index contributed by atoms with van der Waals surface area (Å²) in [4.78, 5) is 3.76. The smallest absolute Gasteiger partial charge is 0.389 e. The molecule has 0 spiro atoms. The number of alkyl halides is 3. The molecule has 0 saturated heterocycles. The highest BCUT2D eigenvalue weighted by molar-refractivity contribution is 5.28. The molecule has 0 aliphatic rings. The van der Waals surface area contributed by atoms with Gasteiger partial charge in [0.15, 0.2) is 0 Å². The molecular weight excluding hydrogens is 221 g/mol. The minimum absolute atomic E-state index is 0.0432. The molecule has 0 atom stereocenters. The first-order valence-electron chi connectivity index (χ1n) is 4.57. The summed E-state index contributed by atoms with van der Waals surface area (Å²) < 4.78 is 40.3. The van der Waals surface area contributed by atoms with Crippen LogP contribution in [0, 0.1) is 11.3 Å². The molecule has 16 heavy (non-hydrogen) atoms. The molecule has 0 radical (unpaired) electrons. The molecule has 0 aliphatic carbocycles. The molecule has 0 unspecified atom stereocenters. The van der Waals surface area contributed by atoms with E-state index in [-0.39, 0.29) is 18.9 Å². The van der Waals surface area contributed by atoms with E-state index in [0.717, 1.165) is 0 Å². The fourth-order valence-corrected chi connectivity index (χ4v) is 0.981. The number of hydrogen-bond donors (Lipinski definition) is 0. The fourth-order valence-electron chi connectivity index (χ4n) is 0.981. The fraction of sp³-hybridized carbons (Fsp3) is 0.400. The van der Waals surface area contributed by atoms with E-state index in [4.69, 9.17) is 10.00 Å². The lowest BCUT2D eigenvalue weighted by Crippen LogP contribution is -2.10. The van der Waals surface area contributed by atoms with Crippen LogP contribution in [-0.2, 0) is 0 Å². The van der Waals surface area contributed by atoms with Gasteiger partial charge in [-0.05, 0) is 12.5 Å². The van der Waals surface area contributed by atoms with E-state index in [1.807, 2.05) is 6.07 Å². The molecule has 0 aromatic carbocycles. The van der Waals surface area contributed by atoms with Crippen molar-refractivity contribution < 1.29 is 17.9 Å². The summed E-state index contributed by atoms with van der Waals surface area (Å²) in [5.41, 5.74) is 0.377. The maximum Gasteiger partial charge on any atom is 0.389 e. The number of halogens is 3. The first kappa shape index (κ1) is 12.3. The lowest BCUT2D eigenvalue weighted by molar-refractivity contribution is -0.136. The van der Waals surface area contributed by atoms with Gasteiger partial charge in [-0.3, -0.25) is 0 Å². The minimum atomic E-state index is -4.15. The van der Waals surface area contributed by atoms with Crippen LogP contribution in [0.5, 0.6) is 5.88 Å².